The second-order valence-electron chi connectivity index (χ2n) is 9.45. The van der Waals surface area contributed by atoms with Gasteiger partial charge in [0, 0.05) is 0 Å². The summed E-state index contributed by atoms with van der Waals surface area (Å²) in [7, 11) is 0. The molecule has 0 aliphatic heterocycles. The minimum atomic E-state index is -0.253. The number of rotatable bonds is 6. The van der Waals surface area contributed by atoms with Gasteiger partial charge in [-0.25, -0.2) is 19.9 Å². The van der Waals surface area contributed by atoms with E-state index in [0.717, 1.165) is 67.4 Å². The van der Waals surface area contributed by atoms with Gasteiger partial charge in [-0.1, -0.05) is 48.5 Å². The van der Waals surface area contributed by atoms with Gasteiger partial charge in [-0.2, -0.15) is 0 Å². The van der Waals surface area contributed by atoms with Crippen LogP contribution in [0, 0.1) is 0 Å². The van der Waals surface area contributed by atoms with Crippen LogP contribution in [-0.2, 0) is 0 Å². The van der Waals surface area contributed by atoms with Crippen molar-refractivity contribution in [2.75, 3.05) is 0 Å². The number of aromatic amines is 4. The number of nitrogens with zero attached hydrogens (tertiary/aromatic N) is 4. The minimum absolute atomic E-state index is 0.253. The topological polar surface area (TPSA) is 115 Å². The Morgan fingerprint density at radius 3 is 0.897 bits per heavy atom. The van der Waals surface area contributed by atoms with Gasteiger partial charge >= 0.3 is 0 Å². The van der Waals surface area contributed by atoms with Gasteiger partial charge < -0.3 is 19.9 Å². The van der Waals surface area contributed by atoms with E-state index in [4.69, 9.17) is 19.9 Å². The van der Waals surface area contributed by atoms with Crippen molar-refractivity contribution in [3.8, 4) is 0 Å². The largest absolute Gasteiger partial charge is 0.341 e. The average Bonchev–Trinajstić information content (AvgIpc) is 3.76. The highest BCUT2D eigenvalue weighted by atomic mass is 32.2. The molecule has 0 saturated carbocycles. The molecule has 0 aliphatic carbocycles. The van der Waals surface area contributed by atoms with Crippen LogP contribution in [-0.4, -0.2) is 39.9 Å². The average molecular weight is 527 g/mol. The van der Waals surface area contributed by atoms with Crippen LogP contribution in [0.25, 0.3) is 44.1 Å². The SMILES string of the molecule is c1ccc2[nH]c(C(SC(c3nc4ccccc4[nH]3)c3nc4ccccc4[nH]3)c3nc4ccccc4[nH]3)nc2c1. The third kappa shape index (κ3) is 3.86. The molecule has 8 nitrogen and oxygen atoms in total. The predicted molar refractivity (Wildman–Crippen MR) is 156 cm³/mol. The molecule has 8 rings (SSSR count). The third-order valence-electron chi connectivity index (χ3n) is 6.90. The number of fused-ring (bicyclic) bond motifs is 4. The van der Waals surface area contributed by atoms with Crippen molar-refractivity contribution in [3.63, 3.8) is 0 Å². The fourth-order valence-electron chi connectivity index (χ4n) is 5.04. The molecule has 4 aromatic carbocycles. The second-order valence-corrected chi connectivity index (χ2v) is 10.7. The highest BCUT2D eigenvalue weighted by Crippen LogP contribution is 2.46. The van der Waals surface area contributed by atoms with Crippen LogP contribution in [0.5, 0.6) is 0 Å². The fraction of sp³-hybridized carbons (Fsp3) is 0.0667. The first kappa shape index (κ1) is 22.1. The summed E-state index contributed by atoms with van der Waals surface area (Å²) < 4.78 is 0. The quantitative estimate of drug-likeness (QED) is 0.190. The van der Waals surface area contributed by atoms with Gasteiger partial charge in [-0.15, -0.1) is 11.8 Å². The Morgan fingerprint density at radius 1 is 0.385 bits per heavy atom. The molecule has 9 heteroatoms. The van der Waals surface area contributed by atoms with Gasteiger partial charge in [0.15, 0.2) is 0 Å². The van der Waals surface area contributed by atoms with E-state index >= 15 is 0 Å². The fourth-order valence-corrected chi connectivity index (χ4v) is 6.27. The van der Waals surface area contributed by atoms with Crippen LogP contribution in [0.2, 0.25) is 0 Å². The van der Waals surface area contributed by atoms with Crippen LogP contribution in [0.15, 0.2) is 97.1 Å². The molecule has 0 spiro atoms. The number of benzene rings is 4. The molecule has 0 bridgehead atoms. The Labute approximate surface area is 226 Å². The van der Waals surface area contributed by atoms with Gasteiger partial charge in [-0.05, 0) is 48.5 Å². The van der Waals surface area contributed by atoms with Crippen molar-refractivity contribution >= 4 is 55.9 Å². The first-order valence-corrected chi connectivity index (χ1v) is 13.7. The Bertz CT molecular complexity index is 1670. The number of nitrogens with one attached hydrogen (secondary N) is 4. The Hall–Kier alpha value is -4.89. The maximum Gasteiger partial charge on any atom is 0.128 e. The molecule has 0 atom stereocenters. The van der Waals surface area contributed by atoms with E-state index in [1.165, 1.54) is 0 Å². The van der Waals surface area contributed by atoms with Crippen molar-refractivity contribution in [3.05, 3.63) is 120 Å². The highest BCUT2D eigenvalue weighted by Gasteiger charge is 2.31. The molecule has 0 saturated heterocycles. The van der Waals surface area contributed by atoms with E-state index in [0.29, 0.717) is 0 Å². The zero-order valence-electron chi connectivity index (χ0n) is 20.6. The maximum atomic E-state index is 4.99. The van der Waals surface area contributed by atoms with E-state index in [2.05, 4.69) is 19.9 Å². The normalized spacial score (nSPS) is 12.2. The number of thioether (sulfide) groups is 1. The lowest BCUT2D eigenvalue weighted by Crippen LogP contribution is -2.09. The van der Waals surface area contributed by atoms with Crippen LogP contribution in [0.1, 0.15) is 33.8 Å². The summed E-state index contributed by atoms with van der Waals surface area (Å²) in [6, 6.07) is 32.3. The standard InChI is InChI=1S/C30H22N8S/c1-2-10-18-17(9-1)31-27(32-18)25(28-33-19-11-3-4-12-20(19)34-28)39-26(29-35-21-13-5-6-14-22(21)36-29)30-37-23-15-7-8-16-24(23)38-30/h1-16,25-26H,(H,31,32)(H,33,34)(H,35,36)(H,37,38). The molecule has 0 unspecified atom stereocenters. The van der Waals surface area contributed by atoms with Crippen molar-refractivity contribution in [2.45, 2.75) is 10.5 Å². The predicted octanol–water partition coefficient (Wildman–Crippen LogP) is 6.80. The third-order valence-corrected chi connectivity index (χ3v) is 8.33. The van der Waals surface area contributed by atoms with Crippen molar-refractivity contribution < 1.29 is 0 Å². The van der Waals surface area contributed by atoms with Gasteiger partial charge in [0.05, 0.1) is 44.1 Å². The molecular formula is C30H22N8S. The summed E-state index contributed by atoms with van der Waals surface area (Å²) in [6.45, 7) is 0. The zero-order chi connectivity index (χ0) is 25.8. The van der Waals surface area contributed by atoms with Crippen LogP contribution in [0.4, 0.5) is 0 Å². The van der Waals surface area contributed by atoms with E-state index in [1.54, 1.807) is 11.8 Å². The molecule has 4 N–H and O–H groups in total. The summed E-state index contributed by atoms with van der Waals surface area (Å²) in [5, 5.41) is -0.507. The second kappa shape index (κ2) is 8.85. The van der Waals surface area contributed by atoms with Gasteiger partial charge in [0.2, 0.25) is 0 Å². The Morgan fingerprint density at radius 2 is 0.641 bits per heavy atom. The minimum Gasteiger partial charge on any atom is -0.341 e. The highest BCUT2D eigenvalue weighted by molar-refractivity contribution is 8.00. The summed E-state index contributed by atoms with van der Waals surface area (Å²) in [6.07, 6.45) is 0. The van der Waals surface area contributed by atoms with Crippen LogP contribution in [0.3, 0.4) is 0 Å². The first-order valence-electron chi connectivity index (χ1n) is 12.7. The number of hydrogen-bond acceptors (Lipinski definition) is 5. The van der Waals surface area contributed by atoms with Crippen molar-refractivity contribution in [2.24, 2.45) is 0 Å². The molecule has 0 amide bonds. The lowest BCUT2D eigenvalue weighted by molar-refractivity contribution is 0.898. The maximum absolute atomic E-state index is 4.99. The Kier molecular flexibility index (Phi) is 5.02. The Balaban J connectivity index is 1.31. The molecule has 4 aromatic heterocycles. The summed E-state index contributed by atoms with van der Waals surface area (Å²) in [4.78, 5) is 34.1. The number of hydrogen-bond donors (Lipinski definition) is 4. The molecule has 8 aromatic rings. The smallest absolute Gasteiger partial charge is 0.128 e. The van der Waals surface area contributed by atoms with Gasteiger partial charge in [-0.3, -0.25) is 0 Å². The number of H-pyrrole nitrogens is 4. The van der Waals surface area contributed by atoms with Crippen molar-refractivity contribution in [1.82, 2.24) is 39.9 Å². The van der Waals surface area contributed by atoms with Gasteiger partial charge in [0.25, 0.3) is 0 Å². The summed E-state index contributed by atoms with van der Waals surface area (Å²) in [5.41, 5.74) is 7.60. The summed E-state index contributed by atoms with van der Waals surface area (Å²) in [5.74, 6) is 3.27. The number of para-hydroxylation sites is 8. The van der Waals surface area contributed by atoms with E-state index in [9.17, 15) is 0 Å². The molecule has 4 heterocycles. The lowest BCUT2D eigenvalue weighted by Gasteiger charge is -2.18. The van der Waals surface area contributed by atoms with E-state index < -0.39 is 0 Å². The molecule has 0 radical (unpaired) electrons. The first-order chi connectivity index (χ1) is 19.3. The lowest BCUT2D eigenvalue weighted by atomic mass is 10.3. The number of imidazole rings is 4. The monoisotopic (exact) mass is 526 g/mol. The molecule has 0 fully saturated rings. The number of aromatic nitrogens is 8. The summed E-state index contributed by atoms with van der Waals surface area (Å²) >= 11 is 1.69. The molecular weight excluding hydrogens is 504 g/mol. The zero-order valence-corrected chi connectivity index (χ0v) is 21.4. The van der Waals surface area contributed by atoms with E-state index in [1.807, 2.05) is 97.1 Å². The molecule has 188 valence electrons. The molecule has 39 heavy (non-hydrogen) atoms. The van der Waals surface area contributed by atoms with Crippen LogP contribution < -0.4 is 0 Å². The van der Waals surface area contributed by atoms with E-state index in [-0.39, 0.29) is 10.5 Å². The van der Waals surface area contributed by atoms with Crippen molar-refractivity contribution in [1.29, 1.82) is 0 Å². The van der Waals surface area contributed by atoms with Crippen LogP contribution >= 0.6 is 11.8 Å². The molecule has 0 aliphatic rings. The van der Waals surface area contributed by atoms with Gasteiger partial charge in [0.1, 0.15) is 33.8 Å².